The zero-order valence-corrected chi connectivity index (χ0v) is 21.3. The summed E-state index contributed by atoms with van der Waals surface area (Å²) in [6.45, 7) is 1.18. The van der Waals surface area contributed by atoms with Crippen molar-refractivity contribution < 1.29 is 23.4 Å². The van der Waals surface area contributed by atoms with Crippen LogP contribution in [0.5, 0.6) is 17.2 Å². The van der Waals surface area contributed by atoms with E-state index in [9.17, 15) is 9.18 Å². The van der Waals surface area contributed by atoms with Crippen molar-refractivity contribution in [3.8, 4) is 28.5 Å². The molecule has 0 saturated heterocycles. The van der Waals surface area contributed by atoms with E-state index in [1.807, 2.05) is 36.4 Å². The number of amides is 1. The number of anilines is 2. The highest BCUT2D eigenvalue weighted by atomic mass is 19.1. The van der Waals surface area contributed by atoms with Crippen LogP contribution < -0.4 is 24.8 Å². The van der Waals surface area contributed by atoms with Gasteiger partial charge in [0.1, 0.15) is 24.7 Å². The molecule has 4 bridgehead atoms. The van der Waals surface area contributed by atoms with Gasteiger partial charge >= 0.3 is 0 Å². The van der Waals surface area contributed by atoms with Crippen LogP contribution in [0.15, 0.2) is 73.1 Å². The number of halogens is 1. The van der Waals surface area contributed by atoms with Crippen molar-refractivity contribution in [2.45, 2.75) is 18.9 Å². The Morgan fingerprint density at radius 3 is 2.92 bits per heavy atom. The molecular formula is C30H27FN4O4. The van der Waals surface area contributed by atoms with Crippen LogP contribution in [-0.2, 0) is 6.61 Å². The van der Waals surface area contributed by atoms with Crippen LogP contribution >= 0.6 is 0 Å². The summed E-state index contributed by atoms with van der Waals surface area (Å²) < 4.78 is 32.1. The predicted molar refractivity (Wildman–Crippen MR) is 145 cm³/mol. The van der Waals surface area contributed by atoms with Crippen LogP contribution in [-0.4, -0.2) is 36.1 Å². The average Bonchev–Trinajstić information content (AvgIpc) is 3.33. The Morgan fingerprint density at radius 1 is 1.13 bits per heavy atom. The van der Waals surface area contributed by atoms with E-state index in [2.05, 4.69) is 26.7 Å². The topological polar surface area (TPSA) is 97.5 Å². The molecule has 1 unspecified atom stereocenters. The smallest absolute Gasteiger partial charge is 0.255 e. The number of pyridine rings is 1. The number of rotatable bonds is 3. The normalized spacial score (nSPS) is 17.2. The maximum atomic E-state index is 14.6. The number of carbonyl (C=O) groups is 1. The Hall–Kier alpha value is -4.79. The number of aromatic amines is 1. The van der Waals surface area contributed by atoms with Gasteiger partial charge in [0, 0.05) is 29.9 Å². The van der Waals surface area contributed by atoms with Crippen molar-refractivity contribution >= 4 is 17.3 Å². The highest BCUT2D eigenvalue weighted by Crippen LogP contribution is 2.44. The third-order valence-corrected chi connectivity index (χ3v) is 6.88. The van der Waals surface area contributed by atoms with Gasteiger partial charge in [0.25, 0.3) is 5.91 Å². The standard InChI is InChI=1S/C30H27FN4O4/c1-37-29-22(31)9-5-10-23(29)34-28-25-26-19(15-33-30(25)36)7-2-3-13-38-20-8-4-6-18(14-20)17-39-24-16-32-12-11-21(24)27(28)35-26/h2-6,8-12,14,16,19,34-35H,7,13,15,17H2,1H3,(H,33,36)/b3-2-. The molecule has 9 heteroatoms. The molecule has 1 amide bonds. The number of fused-ring (bicyclic) bond motifs is 5. The zero-order chi connectivity index (χ0) is 26.8. The first-order chi connectivity index (χ1) is 19.1. The average molecular weight is 527 g/mol. The lowest BCUT2D eigenvalue weighted by atomic mass is 9.93. The van der Waals surface area contributed by atoms with Gasteiger partial charge in [-0.1, -0.05) is 30.4 Å². The van der Waals surface area contributed by atoms with E-state index in [1.165, 1.54) is 13.2 Å². The molecule has 3 N–H and O–H groups in total. The molecule has 2 aliphatic heterocycles. The van der Waals surface area contributed by atoms with Gasteiger partial charge in [-0.25, -0.2) is 4.39 Å². The molecule has 0 saturated carbocycles. The number of benzene rings is 2. The molecule has 2 aromatic heterocycles. The molecule has 8 nitrogen and oxygen atoms in total. The summed E-state index contributed by atoms with van der Waals surface area (Å²) in [6, 6.07) is 14.2. The maximum Gasteiger partial charge on any atom is 0.255 e. The van der Waals surface area contributed by atoms with Crippen LogP contribution in [0.25, 0.3) is 11.3 Å². The number of aromatic nitrogens is 2. The van der Waals surface area contributed by atoms with E-state index in [0.29, 0.717) is 53.5 Å². The number of methoxy groups -OCH3 is 1. The molecule has 2 aliphatic rings. The first-order valence-electron chi connectivity index (χ1n) is 12.7. The molecule has 4 heterocycles. The Labute approximate surface area is 224 Å². The van der Waals surface area contributed by atoms with Gasteiger partial charge in [0.2, 0.25) is 0 Å². The van der Waals surface area contributed by atoms with Crippen LogP contribution in [0.3, 0.4) is 0 Å². The monoisotopic (exact) mass is 526 g/mol. The highest BCUT2D eigenvalue weighted by molar-refractivity contribution is 6.07. The van der Waals surface area contributed by atoms with E-state index in [1.54, 1.807) is 24.5 Å². The van der Waals surface area contributed by atoms with Crippen LogP contribution in [0, 0.1) is 5.82 Å². The molecule has 0 radical (unpaired) electrons. The van der Waals surface area contributed by atoms with E-state index in [4.69, 9.17) is 14.2 Å². The van der Waals surface area contributed by atoms with Crippen molar-refractivity contribution in [1.82, 2.24) is 15.3 Å². The number of hydrogen-bond acceptors (Lipinski definition) is 6. The second kappa shape index (κ2) is 10.5. The largest absolute Gasteiger partial charge is 0.492 e. The molecule has 1 atom stereocenters. The second-order valence-corrected chi connectivity index (χ2v) is 9.34. The molecule has 2 aromatic carbocycles. The van der Waals surface area contributed by atoms with Crippen LogP contribution in [0.1, 0.15) is 34.0 Å². The first-order valence-corrected chi connectivity index (χ1v) is 12.7. The Kier molecular flexibility index (Phi) is 6.62. The number of H-pyrrole nitrogens is 1. The maximum absolute atomic E-state index is 14.6. The lowest BCUT2D eigenvalue weighted by Gasteiger charge is -2.23. The fourth-order valence-electron chi connectivity index (χ4n) is 5.01. The fourth-order valence-corrected chi connectivity index (χ4v) is 5.01. The number of nitrogens with zero attached hydrogens (tertiary/aromatic N) is 1. The summed E-state index contributed by atoms with van der Waals surface area (Å²) in [4.78, 5) is 21.1. The van der Waals surface area contributed by atoms with Crippen molar-refractivity contribution in [1.29, 1.82) is 0 Å². The molecule has 6 rings (SSSR count). The molecule has 39 heavy (non-hydrogen) atoms. The van der Waals surface area contributed by atoms with Gasteiger partial charge in [-0.05, 0) is 42.3 Å². The van der Waals surface area contributed by atoms with Crippen LogP contribution in [0.4, 0.5) is 15.8 Å². The van der Waals surface area contributed by atoms with Crippen molar-refractivity contribution in [3.05, 3.63) is 95.7 Å². The van der Waals surface area contributed by atoms with Gasteiger partial charge in [0.05, 0.1) is 35.9 Å². The summed E-state index contributed by atoms with van der Waals surface area (Å²) in [6.07, 6.45) is 8.03. The molecule has 4 aromatic rings. The minimum atomic E-state index is -0.510. The van der Waals surface area contributed by atoms with Crippen molar-refractivity contribution in [2.75, 3.05) is 25.6 Å². The predicted octanol–water partition coefficient (Wildman–Crippen LogP) is 5.71. The van der Waals surface area contributed by atoms with Crippen molar-refractivity contribution in [3.63, 3.8) is 0 Å². The minimum absolute atomic E-state index is 0.0138. The number of carbonyl (C=O) groups excluding carboxylic acids is 1. The molecular weight excluding hydrogens is 499 g/mol. The quantitative estimate of drug-likeness (QED) is 0.296. The summed E-state index contributed by atoms with van der Waals surface area (Å²) in [5, 5.41) is 6.31. The van der Waals surface area contributed by atoms with E-state index in [0.717, 1.165) is 17.0 Å². The lowest BCUT2D eigenvalue weighted by Crippen LogP contribution is -2.34. The number of ether oxygens (including phenoxy) is 3. The third-order valence-electron chi connectivity index (χ3n) is 6.88. The zero-order valence-electron chi connectivity index (χ0n) is 21.3. The molecule has 0 spiro atoms. The number of hydrogen-bond donors (Lipinski definition) is 3. The SMILES string of the molecule is COc1c(F)cccc1Nc1c2[nH]c3c1C(=O)NCC3C/C=C\COc1cccc(c1)COc1cnccc1-2. The van der Waals surface area contributed by atoms with E-state index in [-0.39, 0.29) is 24.2 Å². The van der Waals surface area contributed by atoms with Gasteiger partial charge in [-0.15, -0.1) is 0 Å². The first kappa shape index (κ1) is 24.5. The van der Waals surface area contributed by atoms with Gasteiger partial charge in [-0.3, -0.25) is 9.78 Å². The van der Waals surface area contributed by atoms with E-state index >= 15 is 0 Å². The lowest BCUT2D eigenvalue weighted by molar-refractivity contribution is 0.0941. The third kappa shape index (κ3) is 4.79. The summed E-state index contributed by atoms with van der Waals surface area (Å²) in [5.74, 6) is 0.594. The summed E-state index contributed by atoms with van der Waals surface area (Å²) >= 11 is 0. The highest BCUT2D eigenvalue weighted by Gasteiger charge is 2.33. The Balaban J connectivity index is 1.52. The minimum Gasteiger partial charge on any atom is -0.492 e. The summed E-state index contributed by atoms with van der Waals surface area (Å²) in [7, 11) is 1.41. The van der Waals surface area contributed by atoms with E-state index < -0.39 is 5.82 Å². The van der Waals surface area contributed by atoms with Gasteiger partial charge in [-0.2, -0.15) is 0 Å². The number of para-hydroxylation sites is 1. The number of allylic oxidation sites excluding steroid dienone is 1. The fraction of sp³-hybridized carbons (Fsp3) is 0.200. The van der Waals surface area contributed by atoms with Crippen LogP contribution in [0.2, 0.25) is 0 Å². The molecule has 0 aliphatic carbocycles. The van der Waals surface area contributed by atoms with Gasteiger partial charge in [0.15, 0.2) is 11.6 Å². The second-order valence-electron chi connectivity index (χ2n) is 9.34. The van der Waals surface area contributed by atoms with Gasteiger partial charge < -0.3 is 29.8 Å². The Morgan fingerprint density at radius 2 is 2.03 bits per heavy atom. The summed E-state index contributed by atoms with van der Waals surface area (Å²) in [5.41, 5.74) is 4.44. The molecule has 198 valence electrons. The number of nitrogens with one attached hydrogen (secondary N) is 3. The van der Waals surface area contributed by atoms with Crippen molar-refractivity contribution in [2.24, 2.45) is 0 Å². The molecule has 0 fully saturated rings. The Bertz CT molecular complexity index is 1560.